The number of Topliss-reactive ketones (excluding diaryl/α,β-unsaturated/α-hetero) is 1. The number of nitro groups is 1. The topological polar surface area (TPSA) is 124 Å². The summed E-state index contributed by atoms with van der Waals surface area (Å²) in [6.45, 7) is 0. The molecular formula is C23H12Cl5NO7. The first-order valence-electron chi connectivity index (χ1n) is 9.72. The lowest BCUT2D eigenvalue weighted by molar-refractivity contribution is -0.384. The van der Waals surface area contributed by atoms with Gasteiger partial charge in [-0.05, 0) is 5.56 Å². The number of carboxylic acids is 1. The van der Waals surface area contributed by atoms with Crippen LogP contribution in [0.1, 0.15) is 22.3 Å². The van der Waals surface area contributed by atoms with E-state index in [0.717, 1.165) is 24.3 Å². The molecular weight excluding hydrogens is 580 g/mol. The van der Waals surface area contributed by atoms with Crippen molar-refractivity contribution in [2.24, 2.45) is 0 Å². The molecule has 0 spiro atoms. The molecule has 186 valence electrons. The number of non-ortho nitro benzene ring substituents is 1. The number of rotatable bonds is 8. The molecule has 3 aromatic carbocycles. The number of carboxylic acid groups (broad SMARTS) is 1. The van der Waals surface area contributed by atoms with E-state index in [0.29, 0.717) is 0 Å². The lowest BCUT2D eigenvalue weighted by atomic mass is 9.75. The van der Waals surface area contributed by atoms with Crippen molar-refractivity contribution >= 4 is 81.4 Å². The minimum absolute atomic E-state index is 0.117. The maximum absolute atomic E-state index is 13.5. The number of hydrogen-bond acceptors (Lipinski definition) is 6. The van der Waals surface area contributed by atoms with Crippen molar-refractivity contribution in [3.8, 4) is 5.75 Å². The van der Waals surface area contributed by atoms with Gasteiger partial charge < -0.3 is 9.84 Å². The molecule has 0 fully saturated rings. The van der Waals surface area contributed by atoms with Gasteiger partial charge in [-0.25, -0.2) is 0 Å². The zero-order valence-corrected chi connectivity index (χ0v) is 21.4. The normalized spacial score (nSPS) is 12.5. The number of benzene rings is 3. The van der Waals surface area contributed by atoms with Gasteiger partial charge in [-0.15, -0.1) is 0 Å². The fourth-order valence-electron chi connectivity index (χ4n) is 3.27. The number of halogens is 5. The zero-order chi connectivity index (χ0) is 26.8. The van der Waals surface area contributed by atoms with E-state index in [1.807, 2.05) is 0 Å². The lowest BCUT2D eigenvalue weighted by Gasteiger charge is -2.27. The second kappa shape index (κ2) is 11.0. The summed E-state index contributed by atoms with van der Waals surface area (Å²) in [6, 6.07) is 11.7. The Balaban J connectivity index is 2.19. The Labute approximate surface area is 228 Å². The van der Waals surface area contributed by atoms with Crippen molar-refractivity contribution in [2.45, 2.75) is 11.8 Å². The average molecular weight is 592 g/mol. The van der Waals surface area contributed by atoms with Gasteiger partial charge in [0.1, 0.15) is 10.0 Å². The van der Waals surface area contributed by atoms with Crippen LogP contribution < -0.4 is 4.74 Å². The third-order valence-electron chi connectivity index (χ3n) is 5.17. The van der Waals surface area contributed by atoms with Gasteiger partial charge in [0, 0.05) is 24.1 Å². The Kier molecular flexibility index (Phi) is 8.48. The van der Waals surface area contributed by atoms with Crippen molar-refractivity contribution in [2.75, 3.05) is 0 Å². The van der Waals surface area contributed by atoms with Crippen LogP contribution in [0.2, 0.25) is 25.1 Å². The van der Waals surface area contributed by atoms with E-state index in [9.17, 15) is 29.6 Å². The molecule has 1 unspecified atom stereocenters. The molecule has 0 saturated heterocycles. The van der Waals surface area contributed by atoms with Crippen LogP contribution in [0, 0.1) is 10.1 Å². The number of carbonyl (C=O) groups is 3. The van der Waals surface area contributed by atoms with E-state index < -0.39 is 50.3 Å². The van der Waals surface area contributed by atoms with Crippen molar-refractivity contribution in [1.82, 2.24) is 0 Å². The van der Waals surface area contributed by atoms with Gasteiger partial charge in [0.25, 0.3) is 5.69 Å². The summed E-state index contributed by atoms with van der Waals surface area (Å²) in [4.78, 5) is 49.7. The van der Waals surface area contributed by atoms with Crippen molar-refractivity contribution in [3.63, 3.8) is 0 Å². The summed E-state index contributed by atoms with van der Waals surface area (Å²) < 4.78 is 5.29. The summed E-state index contributed by atoms with van der Waals surface area (Å²) in [5, 5.41) is 19.6. The third kappa shape index (κ3) is 5.14. The van der Waals surface area contributed by atoms with Gasteiger partial charge in [-0.3, -0.25) is 24.5 Å². The molecule has 1 atom stereocenters. The fourth-order valence-corrected chi connectivity index (χ4v) is 4.47. The van der Waals surface area contributed by atoms with Crippen molar-refractivity contribution < 1.29 is 29.2 Å². The van der Waals surface area contributed by atoms with Gasteiger partial charge in [-0.2, -0.15) is 0 Å². The van der Waals surface area contributed by atoms with Gasteiger partial charge in [0.05, 0.1) is 20.0 Å². The van der Waals surface area contributed by atoms with E-state index in [1.54, 1.807) is 18.2 Å². The molecule has 0 heterocycles. The molecule has 0 aromatic heterocycles. The van der Waals surface area contributed by atoms with Crippen molar-refractivity contribution in [3.05, 3.63) is 101 Å². The summed E-state index contributed by atoms with van der Waals surface area (Å²) in [5.74, 6) is -4.56. The molecule has 0 aliphatic rings. The highest BCUT2D eigenvalue weighted by atomic mass is 35.5. The number of aliphatic carboxylic acids is 1. The predicted octanol–water partition coefficient (Wildman–Crippen LogP) is 7.06. The molecule has 36 heavy (non-hydrogen) atoms. The third-order valence-corrected chi connectivity index (χ3v) is 7.41. The molecule has 1 N–H and O–H groups in total. The molecule has 0 amide bonds. The molecule has 3 aromatic rings. The maximum Gasteiger partial charge on any atom is 0.334 e. The maximum atomic E-state index is 13.5. The van der Waals surface area contributed by atoms with Gasteiger partial charge in [0.15, 0.2) is 16.9 Å². The van der Waals surface area contributed by atoms with Crippen LogP contribution >= 0.6 is 58.0 Å². The summed E-state index contributed by atoms with van der Waals surface area (Å²) in [5.41, 5.74) is -3.20. The van der Waals surface area contributed by atoms with E-state index >= 15 is 0 Å². The SMILES string of the molecule is O=C(CC(C(=O)O)(C(=O)Oc1c(Cl)c(Cl)c(Cl)c(Cl)c1Cl)c1ccc([N+](=O)[O-])cc1)c1ccccc1. The minimum Gasteiger partial charge on any atom is -0.480 e. The summed E-state index contributed by atoms with van der Waals surface area (Å²) in [6.07, 6.45) is -0.909. The first-order valence-corrected chi connectivity index (χ1v) is 11.6. The minimum atomic E-state index is -2.67. The Hall–Kier alpha value is -2.88. The van der Waals surface area contributed by atoms with E-state index in [1.165, 1.54) is 12.1 Å². The van der Waals surface area contributed by atoms with E-state index in [4.69, 9.17) is 62.7 Å². The smallest absolute Gasteiger partial charge is 0.334 e. The van der Waals surface area contributed by atoms with Crippen molar-refractivity contribution in [1.29, 1.82) is 0 Å². The number of ether oxygens (including phenoxy) is 1. The van der Waals surface area contributed by atoms with Gasteiger partial charge >= 0.3 is 11.9 Å². The molecule has 8 nitrogen and oxygen atoms in total. The van der Waals surface area contributed by atoms with Crippen LogP contribution in [0.25, 0.3) is 0 Å². The quantitative estimate of drug-likeness (QED) is 0.0435. The Morgan fingerprint density at radius 3 is 1.81 bits per heavy atom. The van der Waals surface area contributed by atoms with Crippen LogP contribution in [0.15, 0.2) is 54.6 Å². The standard InChI is InChI=1S/C23H12Cl5NO7/c24-15-16(25)18(27)20(19(28)17(15)26)36-22(33)23(21(31)32,10-14(30)11-4-2-1-3-5-11)12-6-8-13(9-7-12)29(34)35/h1-9H,10H2,(H,31,32). The molecule has 0 radical (unpaired) electrons. The molecule has 13 heteroatoms. The number of ketones is 1. The van der Waals surface area contributed by atoms with E-state index in [-0.39, 0.29) is 31.9 Å². The zero-order valence-electron chi connectivity index (χ0n) is 17.6. The molecule has 3 rings (SSSR count). The van der Waals surface area contributed by atoms with Crippen LogP contribution in [0.5, 0.6) is 5.75 Å². The highest BCUT2D eigenvalue weighted by molar-refractivity contribution is 6.55. The highest BCUT2D eigenvalue weighted by Crippen LogP contribution is 2.49. The monoisotopic (exact) mass is 589 g/mol. The Bertz CT molecular complexity index is 1350. The fraction of sp³-hybridized carbons (Fsp3) is 0.0870. The van der Waals surface area contributed by atoms with E-state index in [2.05, 4.69) is 0 Å². The summed E-state index contributed by atoms with van der Waals surface area (Å²) in [7, 11) is 0. The largest absolute Gasteiger partial charge is 0.480 e. The van der Waals surface area contributed by atoms with Crippen LogP contribution in [0.3, 0.4) is 0 Å². The van der Waals surface area contributed by atoms with Crippen LogP contribution in [-0.2, 0) is 15.0 Å². The molecule has 0 aliphatic heterocycles. The first kappa shape index (κ1) is 27.7. The molecule has 0 aliphatic carbocycles. The average Bonchev–Trinajstić information content (AvgIpc) is 2.87. The number of hydrogen-bond donors (Lipinski definition) is 1. The Morgan fingerprint density at radius 1 is 0.833 bits per heavy atom. The lowest BCUT2D eigenvalue weighted by Crippen LogP contribution is -2.48. The second-order valence-electron chi connectivity index (χ2n) is 7.27. The molecule has 0 saturated carbocycles. The predicted molar refractivity (Wildman–Crippen MR) is 135 cm³/mol. The number of carbonyl (C=O) groups excluding carboxylic acids is 2. The highest BCUT2D eigenvalue weighted by Gasteiger charge is 2.52. The van der Waals surface area contributed by atoms with Crippen LogP contribution in [-0.4, -0.2) is 27.8 Å². The number of nitro benzene ring substituents is 1. The number of esters is 1. The van der Waals surface area contributed by atoms with Gasteiger partial charge in [-0.1, -0.05) is 100 Å². The Morgan fingerprint density at radius 2 is 1.33 bits per heavy atom. The molecule has 0 bridgehead atoms. The van der Waals surface area contributed by atoms with Gasteiger partial charge in [0.2, 0.25) is 0 Å². The summed E-state index contributed by atoms with van der Waals surface area (Å²) >= 11 is 30.2. The first-order chi connectivity index (χ1) is 16.9. The number of nitrogens with zero attached hydrogens (tertiary/aromatic N) is 1. The van der Waals surface area contributed by atoms with Crippen LogP contribution in [0.4, 0.5) is 5.69 Å². The second-order valence-corrected chi connectivity index (χ2v) is 9.16.